The molecule has 19 heavy (non-hydrogen) atoms. The third-order valence-corrected chi connectivity index (χ3v) is 4.35. The normalized spacial score (nSPS) is 11.9. The lowest BCUT2D eigenvalue weighted by Gasteiger charge is -2.16. The molecule has 0 spiro atoms. The Morgan fingerprint density at radius 2 is 2.00 bits per heavy atom. The second kappa shape index (κ2) is 6.36. The number of ether oxygens (including phenoxy) is 1. The van der Waals surface area contributed by atoms with Crippen molar-refractivity contribution in [2.24, 2.45) is 0 Å². The molecule has 0 saturated heterocycles. The minimum Gasteiger partial charge on any atom is -0.495 e. The van der Waals surface area contributed by atoms with Crippen LogP contribution in [0.4, 0.5) is 0 Å². The first-order chi connectivity index (χ1) is 8.83. The average molecular weight is 287 g/mol. The Hall–Kier alpha value is -1.11. The summed E-state index contributed by atoms with van der Waals surface area (Å²) in [6, 6.07) is 3.36. The number of rotatable bonds is 6. The third kappa shape index (κ3) is 3.68. The summed E-state index contributed by atoms with van der Waals surface area (Å²) in [6.07, 6.45) is 0. The Labute approximate surface area is 114 Å². The fourth-order valence-electron chi connectivity index (χ4n) is 1.93. The van der Waals surface area contributed by atoms with Gasteiger partial charge in [0.15, 0.2) is 0 Å². The molecule has 0 aliphatic heterocycles. The molecule has 0 aromatic heterocycles. The van der Waals surface area contributed by atoms with Crippen molar-refractivity contribution in [3.05, 3.63) is 23.3 Å². The molecule has 0 unspecified atom stereocenters. The van der Waals surface area contributed by atoms with Crippen molar-refractivity contribution in [2.45, 2.75) is 31.6 Å². The summed E-state index contributed by atoms with van der Waals surface area (Å²) < 4.78 is 31.8. The summed E-state index contributed by atoms with van der Waals surface area (Å²) in [5.41, 5.74) is 1.96. The maximum Gasteiger partial charge on any atom is 0.244 e. The summed E-state index contributed by atoms with van der Waals surface area (Å²) in [5.74, 6) is 0.532. The second-order valence-corrected chi connectivity index (χ2v) is 6.37. The lowest BCUT2D eigenvalue weighted by Crippen LogP contribution is -2.27. The van der Waals surface area contributed by atoms with E-state index in [9.17, 15) is 8.42 Å². The zero-order valence-electron chi connectivity index (χ0n) is 11.7. The largest absolute Gasteiger partial charge is 0.495 e. The highest BCUT2D eigenvalue weighted by Crippen LogP contribution is 2.30. The van der Waals surface area contributed by atoms with Gasteiger partial charge in [-0.3, -0.25) is 0 Å². The van der Waals surface area contributed by atoms with Gasteiger partial charge < -0.3 is 9.84 Å². The van der Waals surface area contributed by atoms with Crippen LogP contribution < -0.4 is 9.46 Å². The zero-order valence-corrected chi connectivity index (χ0v) is 12.5. The second-order valence-electron chi connectivity index (χ2n) is 4.64. The van der Waals surface area contributed by atoms with Crippen LogP contribution in [-0.2, 0) is 10.0 Å². The highest BCUT2D eigenvalue weighted by atomic mass is 32.2. The van der Waals surface area contributed by atoms with Crippen molar-refractivity contribution < 1.29 is 18.3 Å². The van der Waals surface area contributed by atoms with Crippen LogP contribution in [0.25, 0.3) is 0 Å². The standard InChI is InChI=1S/C13H21NO4S/c1-9(2)11-8-13(12(18-4)7-10(11)3)19(16,17)14-5-6-15/h7-9,14-15H,5-6H2,1-4H3. The van der Waals surface area contributed by atoms with E-state index in [0.717, 1.165) is 11.1 Å². The highest BCUT2D eigenvalue weighted by Gasteiger charge is 2.21. The van der Waals surface area contributed by atoms with Crippen molar-refractivity contribution in [3.8, 4) is 5.75 Å². The Bertz CT molecular complexity index is 538. The molecule has 2 N–H and O–H groups in total. The lowest BCUT2D eigenvalue weighted by atomic mass is 9.98. The van der Waals surface area contributed by atoms with Gasteiger partial charge in [-0.1, -0.05) is 13.8 Å². The van der Waals surface area contributed by atoms with Gasteiger partial charge in [0.2, 0.25) is 10.0 Å². The molecule has 6 heteroatoms. The molecule has 0 radical (unpaired) electrons. The van der Waals surface area contributed by atoms with E-state index in [1.165, 1.54) is 7.11 Å². The first-order valence-corrected chi connectivity index (χ1v) is 7.60. The summed E-state index contributed by atoms with van der Waals surface area (Å²) in [6.45, 7) is 5.68. The van der Waals surface area contributed by atoms with Crippen LogP contribution in [0.5, 0.6) is 5.75 Å². The number of benzene rings is 1. The number of aliphatic hydroxyl groups excluding tert-OH is 1. The summed E-state index contributed by atoms with van der Waals surface area (Å²) in [7, 11) is -2.23. The van der Waals surface area contributed by atoms with E-state index >= 15 is 0 Å². The Balaban J connectivity index is 3.36. The van der Waals surface area contributed by atoms with Gasteiger partial charge in [-0.15, -0.1) is 0 Å². The maximum atomic E-state index is 12.2. The lowest BCUT2D eigenvalue weighted by molar-refractivity contribution is 0.301. The number of nitrogens with one attached hydrogen (secondary N) is 1. The molecular formula is C13H21NO4S. The fraction of sp³-hybridized carbons (Fsp3) is 0.538. The van der Waals surface area contributed by atoms with Crippen LogP contribution in [0.15, 0.2) is 17.0 Å². The van der Waals surface area contributed by atoms with E-state index < -0.39 is 10.0 Å². The van der Waals surface area contributed by atoms with Gasteiger partial charge in [0.05, 0.1) is 13.7 Å². The molecule has 0 aliphatic carbocycles. The molecule has 0 fully saturated rings. The van der Waals surface area contributed by atoms with Gasteiger partial charge >= 0.3 is 0 Å². The van der Waals surface area contributed by atoms with E-state index in [0.29, 0.717) is 5.75 Å². The molecule has 1 rings (SSSR count). The molecule has 0 atom stereocenters. The molecule has 0 amide bonds. The number of aliphatic hydroxyl groups is 1. The van der Waals surface area contributed by atoms with Crippen molar-refractivity contribution in [3.63, 3.8) is 0 Å². The predicted molar refractivity (Wildman–Crippen MR) is 74.1 cm³/mol. The smallest absolute Gasteiger partial charge is 0.244 e. The van der Waals surface area contributed by atoms with Gasteiger partial charge in [0.25, 0.3) is 0 Å². The number of aryl methyl sites for hydroxylation is 1. The summed E-state index contributed by atoms with van der Waals surface area (Å²) in [5, 5.41) is 8.73. The molecule has 5 nitrogen and oxygen atoms in total. The van der Waals surface area contributed by atoms with Crippen LogP contribution in [0, 0.1) is 6.92 Å². The Morgan fingerprint density at radius 1 is 1.37 bits per heavy atom. The number of methoxy groups -OCH3 is 1. The molecule has 108 valence electrons. The van der Waals surface area contributed by atoms with Gasteiger partial charge in [0.1, 0.15) is 10.6 Å². The molecule has 0 aliphatic rings. The van der Waals surface area contributed by atoms with E-state index in [1.807, 2.05) is 20.8 Å². The Kier molecular flexibility index (Phi) is 5.34. The van der Waals surface area contributed by atoms with Crippen molar-refractivity contribution in [2.75, 3.05) is 20.3 Å². The van der Waals surface area contributed by atoms with Gasteiger partial charge in [-0.25, -0.2) is 13.1 Å². The number of sulfonamides is 1. The third-order valence-electron chi connectivity index (χ3n) is 2.87. The SMILES string of the molecule is COc1cc(C)c(C(C)C)cc1S(=O)(=O)NCCO. The molecule has 0 heterocycles. The minimum absolute atomic E-state index is 0.0175. The maximum absolute atomic E-state index is 12.2. The summed E-state index contributed by atoms with van der Waals surface area (Å²) in [4.78, 5) is 0.109. The van der Waals surface area contributed by atoms with Crippen molar-refractivity contribution in [1.82, 2.24) is 4.72 Å². The van der Waals surface area contributed by atoms with Gasteiger partial charge in [-0.2, -0.15) is 0 Å². The van der Waals surface area contributed by atoms with Gasteiger partial charge in [-0.05, 0) is 36.1 Å². The monoisotopic (exact) mass is 287 g/mol. The van der Waals surface area contributed by atoms with E-state index in [4.69, 9.17) is 9.84 Å². The average Bonchev–Trinajstić information content (AvgIpc) is 2.35. The molecule has 0 bridgehead atoms. The predicted octanol–water partition coefficient (Wildman–Crippen LogP) is 1.40. The summed E-state index contributed by atoms with van der Waals surface area (Å²) >= 11 is 0. The van der Waals surface area contributed by atoms with Crippen LogP contribution in [0.3, 0.4) is 0 Å². The first-order valence-electron chi connectivity index (χ1n) is 6.12. The highest BCUT2D eigenvalue weighted by molar-refractivity contribution is 7.89. The molecule has 1 aromatic rings. The minimum atomic E-state index is -3.67. The van der Waals surface area contributed by atoms with E-state index in [1.54, 1.807) is 12.1 Å². The fourth-order valence-corrected chi connectivity index (χ4v) is 3.13. The van der Waals surface area contributed by atoms with Crippen LogP contribution in [0.2, 0.25) is 0 Å². The van der Waals surface area contributed by atoms with Crippen LogP contribution in [0.1, 0.15) is 30.9 Å². The number of hydrogen-bond donors (Lipinski definition) is 2. The van der Waals surface area contributed by atoms with E-state index in [-0.39, 0.29) is 24.0 Å². The van der Waals surface area contributed by atoms with E-state index in [2.05, 4.69) is 4.72 Å². The van der Waals surface area contributed by atoms with Crippen LogP contribution >= 0.6 is 0 Å². The number of hydrogen-bond acceptors (Lipinski definition) is 4. The molecule has 0 saturated carbocycles. The molecular weight excluding hydrogens is 266 g/mol. The van der Waals surface area contributed by atoms with Crippen LogP contribution in [-0.4, -0.2) is 33.8 Å². The topological polar surface area (TPSA) is 75.6 Å². The van der Waals surface area contributed by atoms with Crippen molar-refractivity contribution >= 4 is 10.0 Å². The molecule has 1 aromatic carbocycles. The van der Waals surface area contributed by atoms with Crippen molar-refractivity contribution in [1.29, 1.82) is 0 Å². The van der Waals surface area contributed by atoms with Gasteiger partial charge in [0, 0.05) is 6.54 Å². The zero-order chi connectivity index (χ0) is 14.6. The first kappa shape index (κ1) is 15.9. The quantitative estimate of drug-likeness (QED) is 0.829. The Morgan fingerprint density at radius 3 is 2.47 bits per heavy atom.